The predicted octanol–water partition coefficient (Wildman–Crippen LogP) is 2.54. The summed E-state index contributed by atoms with van der Waals surface area (Å²) in [4.78, 5) is 4.52. The molecule has 0 saturated heterocycles. The molecule has 0 bridgehead atoms. The second kappa shape index (κ2) is 6.86. The lowest BCUT2D eigenvalue weighted by Gasteiger charge is -2.28. The van der Waals surface area contributed by atoms with E-state index in [4.69, 9.17) is 11.5 Å². The lowest BCUT2D eigenvalue weighted by atomic mass is 9.91. The summed E-state index contributed by atoms with van der Waals surface area (Å²) in [5.74, 6) is 0. The Hall–Kier alpha value is -2.58. The third kappa shape index (κ3) is 3.26. The second-order valence-corrected chi connectivity index (χ2v) is 8.83. The summed E-state index contributed by atoms with van der Waals surface area (Å²) >= 11 is 0. The van der Waals surface area contributed by atoms with E-state index in [1.165, 1.54) is 16.4 Å². The highest BCUT2D eigenvalue weighted by Gasteiger charge is 2.23. The smallest absolute Gasteiger partial charge is 0.269 e. The van der Waals surface area contributed by atoms with Gasteiger partial charge in [0.15, 0.2) is 5.65 Å². The Morgan fingerprint density at radius 1 is 1.07 bits per heavy atom. The summed E-state index contributed by atoms with van der Waals surface area (Å²) in [5.41, 5.74) is 13.7. The van der Waals surface area contributed by atoms with Crippen molar-refractivity contribution in [3.8, 4) is 0 Å². The van der Waals surface area contributed by atoms with Crippen molar-refractivity contribution in [3.63, 3.8) is 0 Å². The lowest BCUT2D eigenvalue weighted by molar-refractivity contribution is 0.411. The SMILES string of the molecule is Nc1cnc2c(ccn2S(=O)(=O)c2ccccc2)c1NC1CCC(N)CC1. The molecule has 4 rings (SSSR count). The maximum atomic E-state index is 13.0. The number of nitrogen functional groups attached to an aromatic ring is 1. The third-order valence-electron chi connectivity index (χ3n) is 5.13. The minimum atomic E-state index is -3.72. The molecule has 1 saturated carbocycles. The fourth-order valence-electron chi connectivity index (χ4n) is 3.61. The van der Waals surface area contributed by atoms with E-state index in [-0.39, 0.29) is 17.0 Å². The highest BCUT2D eigenvalue weighted by molar-refractivity contribution is 7.90. The van der Waals surface area contributed by atoms with Crippen molar-refractivity contribution in [2.75, 3.05) is 11.1 Å². The van der Waals surface area contributed by atoms with Crippen LogP contribution in [0.3, 0.4) is 0 Å². The van der Waals surface area contributed by atoms with Gasteiger partial charge in [0.2, 0.25) is 0 Å². The number of hydrogen-bond acceptors (Lipinski definition) is 6. The molecule has 27 heavy (non-hydrogen) atoms. The van der Waals surface area contributed by atoms with Gasteiger partial charge in [0, 0.05) is 23.7 Å². The van der Waals surface area contributed by atoms with Gasteiger partial charge < -0.3 is 16.8 Å². The zero-order valence-corrected chi connectivity index (χ0v) is 15.7. The molecule has 0 spiro atoms. The van der Waals surface area contributed by atoms with Gasteiger partial charge in [-0.25, -0.2) is 17.4 Å². The molecular weight excluding hydrogens is 362 g/mol. The van der Waals surface area contributed by atoms with Crippen LogP contribution < -0.4 is 16.8 Å². The van der Waals surface area contributed by atoms with E-state index in [9.17, 15) is 8.42 Å². The van der Waals surface area contributed by atoms with Crippen molar-refractivity contribution in [2.24, 2.45) is 5.73 Å². The number of benzene rings is 1. The van der Waals surface area contributed by atoms with E-state index < -0.39 is 10.0 Å². The molecule has 0 aliphatic heterocycles. The molecule has 1 aliphatic rings. The Kier molecular flexibility index (Phi) is 4.53. The van der Waals surface area contributed by atoms with Gasteiger partial charge >= 0.3 is 0 Å². The van der Waals surface area contributed by atoms with Gasteiger partial charge in [0.05, 0.1) is 22.5 Å². The molecule has 1 aliphatic carbocycles. The molecule has 0 atom stereocenters. The van der Waals surface area contributed by atoms with Crippen LogP contribution in [0.25, 0.3) is 11.0 Å². The minimum absolute atomic E-state index is 0.219. The maximum absolute atomic E-state index is 13.0. The van der Waals surface area contributed by atoms with Crippen LogP contribution >= 0.6 is 0 Å². The molecule has 2 heterocycles. The molecule has 2 aromatic heterocycles. The number of aromatic nitrogens is 2. The van der Waals surface area contributed by atoms with Crippen molar-refractivity contribution in [1.29, 1.82) is 0 Å². The first-order chi connectivity index (χ1) is 13.0. The molecule has 0 amide bonds. The number of pyridine rings is 1. The first-order valence-corrected chi connectivity index (χ1v) is 10.5. The zero-order valence-electron chi connectivity index (χ0n) is 14.9. The highest BCUT2D eigenvalue weighted by Crippen LogP contribution is 2.33. The maximum Gasteiger partial charge on any atom is 0.269 e. The van der Waals surface area contributed by atoms with Crippen LogP contribution in [0, 0.1) is 0 Å². The summed E-state index contributed by atoms with van der Waals surface area (Å²) in [6, 6.07) is 10.6. The van der Waals surface area contributed by atoms with Crippen LogP contribution in [0.1, 0.15) is 25.7 Å². The largest absolute Gasteiger partial charge is 0.396 e. The Balaban J connectivity index is 1.74. The van der Waals surface area contributed by atoms with Crippen LogP contribution in [0.5, 0.6) is 0 Å². The lowest BCUT2D eigenvalue weighted by Crippen LogP contribution is -2.33. The number of rotatable bonds is 4. The van der Waals surface area contributed by atoms with E-state index in [0.29, 0.717) is 16.7 Å². The van der Waals surface area contributed by atoms with Gasteiger partial charge in [-0.1, -0.05) is 18.2 Å². The van der Waals surface area contributed by atoms with Crippen LogP contribution in [0.2, 0.25) is 0 Å². The van der Waals surface area contributed by atoms with Crippen LogP contribution in [-0.4, -0.2) is 29.5 Å². The molecule has 1 aromatic carbocycles. The molecule has 3 aromatic rings. The zero-order chi connectivity index (χ0) is 19.0. The van der Waals surface area contributed by atoms with E-state index >= 15 is 0 Å². The van der Waals surface area contributed by atoms with E-state index in [2.05, 4.69) is 10.3 Å². The number of nitrogens with zero attached hydrogens (tertiary/aromatic N) is 2. The second-order valence-electron chi connectivity index (χ2n) is 7.01. The monoisotopic (exact) mass is 385 g/mol. The Bertz CT molecular complexity index is 1050. The number of nitrogens with two attached hydrogens (primary N) is 2. The molecule has 5 N–H and O–H groups in total. The van der Waals surface area contributed by atoms with Gasteiger partial charge in [-0.15, -0.1) is 0 Å². The van der Waals surface area contributed by atoms with Gasteiger partial charge in [-0.05, 0) is 43.9 Å². The van der Waals surface area contributed by atoms with Gasteiger partial charge in [-0.2, -0.15) is 0 Å². The molecule has 7 nitrogen and oxygen atoms in total. The van der Waals surface area contributed by atoms with E-state index in [1.54, 1.807) is 36.4 Å². The molecule has 1 fully saturated rings. The first-order valence-electron chi connectivity index (χ1n) is 9.05. The molecular formula is C19H23N5O2S. The average Bonchev–Trinajstić information content (AvgIpc) is 3.11. The van der Waals surface area contributed by atoms with Crippen molar-refractivity contribution in [2.45, 2.75) is 42.7 Å². The molecule has 8 heteroatoms. The quantitative estimate of drug-likeness (QED) is 0.635. The topological polar surface area (TPSA) is 116 Å². The normalized spacial score (nSPS) is 20.6. The number of hydrogen-bond donors (Lipinski definition) is 3. The standard InChI is InChI=1S/C19H23N5O2S/c20-13-6-8-14(9-7-13)23-18-16-10-11-24(19(16)22-12-17(18)21)27(25,26)15-4-2-1-3-5-15/h1-5,10-14H,6-9,20-21H2,(H,22,23). The summed E-state index contributed by atoms with van der Waals surface area (Å²) in [5, 5.41) is 4.19. The summed E-state index contributed by atoms with van der Waals surface area (Å²) < 4.78 is 27.2. The van der Waals surface area contributed by atoms with Crippen molar-refractivity contribution >= 4 is 32.4 Å². The fourth-order valence-corrected chi connectivity index (χ4v) is 4.93. The summed E-state index contributed by atoms with van der Waals surface area (Å²) in [7, 11) is -3.72. The minimum Gasteiger partial charge on any atom is -0.396 e. The Labute approximate surface area is 158 Å². The molecule has 0 unspecified atom stereocenters. The Morgan fingerprint density at radius 2 is 1.78 bits per heavy atom. The average molecular weight is 385 g/mol. The fraction of sp³-hybridized carbons (Fsp3) is 0.316. The Morgan fingerprint density at radius 3 is 2.48 bits per heavy atom. The van der Waals surface area contributed by atoms with Crippen LogP contribution in [0.15, 0.2) is 53.7 Å². The number of nitrogens with one attached hydrogen (secondary N) is 1. The van der Waals surface area contributed by atoms with Crippen LogP contribution in [-0.2, 0) is 10.0 Å². The van der Waals surface area contributed by atoms with Gasteiger partial charge in [0.25, 0.3) is 10.0 Å². The first kappa shape index (κ1) is 17.8. The third-order valence-corrected chi connectivity index (χ3v) is 6.81. The van der Waals surface area contributed by atoms with Crippen LogP contribution in [0.4, 0.5) is 11.4 Å². The van der Waals surface area contributed by atoms with Crippen molar-refractivity contribution in [3.05, 3.63) is 48.8 Å². The highest BCUT2D eigenvalue weighted by atomic mass is 32.2. The summed E-state index contributed by atoms with van der Waals surface area (Å²) in [6.45, 7) is 0. The van der Waals surface area contributed by atoms with Gasteiger partial charge in [-0.3, -0.25) is 0 Å². The predicted molar refractivity (Wildman–Crippen MR) is 107 cm³/mol. The van der Waals surface area contributed by atoms with E-state index in [0.717, 1.165) is 31.4 Å². The van der Waals surface area contributed by atoms with Crippen molar-refractivity contribution in [1.82, 2.24) is 8.96 Å². The number of fused-ring (bicyclic) bond motifs is 1. The molecule has 142 valence electrons. The number of anilines is 2. The molecule has 0 radical (unpaired) electrons. The summed E-state index contributed by atoms with van der Waals surface area (Å²) in [6.07, 6.45) is 6.91. The van der Waals surface area contributed by atoms with Gasteiger partial charge in [0.1, 0.15) is 0 Å². The van der Waals surface area contributed by atoms with Crippen molar-refractivity contribution < 1.29 is 8.42 Å². The van der Waals surface area contributed by atoms with E-state index in [1.807, 2.05) is 0 Å².